The molecule has 0 saturated carbocycles. The zero-order valence-corrected chi connectivity index (χ0v) is 77.8. The highest BCUT2D eigenvalue weighted by Gasteiger charge is 2.26. The van der Waals surface area contributed by atoms with Crippen molar-refractivity contribution >= 4 is 195 Å². The smallest absolute Gasteiger partial charge is 0.0998 e. The lowest BCUT2D eigenvalue weighted by atomic mass is 9.97. The average Bonchev–Trinajstić information content (AvgIpc) is 1.57. The van der Waals surface area contributed by atoms with Gasteiger partial charge in [-0.15, -0.1) is 0 Å². The number of fused-ring (bicyclic) bond motifs is 27. The molecule has 0 aliphatic heterocycles. The normalized spacial score (nSPS) is 11.7. The Kier molecular flexibility index (Phi) is 19.0. The highest BCUT2D eigenvalue weighted by atomic mass is 15.0. The Balaban J connectivity index is 0.000000105. The summed E-state index contributed by atoms with van der Waals surface area (Å²) in [5, 5.41) is 57.1. The molecule has 30 rings (SSSR count). The summed E-state index contributed by atoms with van der Waals surface area (Å²) in [6, 6.07) is 183. The first kappa shape index (κ1) is 82.4. The van der Waals surface area contributed by atoms with Crippen molar-refractivity contribution in [1.82, 2.24) is 27.4 Å². The predicted molar refractivity (Wildman–Crippen MR) is 601 cm³/mol. The molecule has 0 radical (unpaired) electrons. The lowest BCUT2D eigenvalue weighted by molar-refractivity contribution is 1.18. The predicted octanol–water partition coefficient (Wildman–Crippen LogP) is 35.2. The Morgan fingerprint density at radius 1 is 0.139 bits per heavy atom. The minimum absolute atomic E-state index is 0.676. The fourth-order valence-electron chi connectivity index (χ4n) is 23.4. The summed E-state index contributed by atoms with van der Waals surface area (Å²) in [6.07, 6.45) is 0. The lowest BCUT2D eigenvalue weighted by Crippen LogP contribution is -1.95. The maximum atomic E-state index is 9.88. The molecule has 0 saturated heterocycles. The molecule has 0 amide bonds. The topological polar surface area (TPSA) is 101 Å². The van der Waals surface area contributed by atoms with Gasteiger partial charge in [0.1, 0.15) is 0 Å². The summed E-state index contributed by atoms with van der Waals surface area (Å²) in [6.45, 7) is 0. The summed E-state index contributed by atoms with van der Waals surface area (Å²) < 4.78 is 14.3. The fraction of sp³-hybridized carbons (Fsp3) is 0. The van der Waals surface area contributed by atoms with E-state index in [-0.39, 0.29) is 0 Å². The third-order valence-electron chi connectivity index (χ3n) is 29.7. The number of aromatic nitrogens is 6. The molecule has 9 nitrogen and oxygen atoms in total. The van der Waals surface area contributed by atoms with Gasteiger partial charge in [0, 0.05) is 104 Å². The number of para-hydroxylation sites is 9. The van der Waals surface area contributed by atoms with Gasteiger partial charge in [0.25, 0.3) is 0 Å². The molecule has 0 unspecified atom stereocenters. The van der Waals surface area contributed by atoms with Gasteiger partial charge in [-0.05, 0) is 269 Å². The van der Waals surface area contributed by atoms with Gasteiger partial charge in [-0.25, -0.2) is 0 Å². The Bertz CT molecular complexity index is 10800. The molecule has 0 aliphatic rings. The Morgan fingerprint density at radius 2 is 0.403 bits per heavy atom. The Labute approximate surface area is 826 Å². The minimum atomic E-state index is 0.676. The van der Waals surface area contributed by atoms with E-state index in [4.69, 9.17) is 0 Å². The first-order valence-electron chi connectivity index (χ1n) is 48.8. The summed E-state index contributed by atoms with van der Waals surface area (Å²) in [7, 11) is 0. The van der Waals surface area contributed by atoms with Gasteiger partial charge in [0.05, 0.1) is 101 Å². The molecule has 9 heteroatoms. The fourth-order valence-corrected chi connectivity index (χ4v) is 23.4. The van der Waals surface area contributed by atoms with Crippen LogP contribution in [0, 0.1) is 34.0 Å². The Hall–Kier alpha value is -19.9. The Morgan fingerprint density at radius 3 is 0.792 bits per heavy atom. The number of rotatable bonds is 9. The van der Waals surface area contributed by atoms with Crippen LogP contribution in [-0.4, -0.2) is 27.4 Å². The minimum Gasteiger partial charge on any atom is -0.309 e. The summed E-state index contributed by atoms with van der Waals surface area (Å²) in [5.41, 5.74) is 30.3. The SMILES string of the molecule is N#Cc1cc2ccc(-n3c4ccccc4c4ccc(-c5cccc6c5c5ccccc5n6-c5ccccc5)cc43)cc2c2ccccc12.N#Cc1ccc2c(ccc3cc(-n4c5ccccc5c5ccc(-c6cccc7c6c6ccccc6n7-c6ccccc6)cc54)ccc32)c1.N#Cc1ccc2c(ccc3ccc(-n4c5ccccc5c5ccc(-c6cccc7c6c6ccccc6n7-c6ccccc6)cc54)cc32)c1. The molecule has 6 heterocycles. The maximum Gasteiger partial charge on any atom is 0.0998 e. The van der Waals surface area contributed by atoms with Gasteiger partial charge in [-0.3, -0.25) is 0 Å². The number of hydrogen-bond acceptors (Lipinski definition) is 3. The number of nitrogens with zero attached hydrogens (tertiary/aromatic N) is 9. The molecule has 6 aromatic heterocycles. The van der Waals surface area contributed by atoms with Crippen LogP contribution in [0.15, 0.2) is 491 Å². The van der Waals surface area contributed by atoms with Gasteiger partial charge < -0.3 is 27.4 Å². The molecular weight excluding hydrogens is 1750 g/mol. The van der Waals surface area contributed by atoms with Crippen LogP contribution in [0.4, 0.5) is 0 Å². The van der Waals surface area contributed by atoms with Gasteiger partial charge in [-0.1, -0.05) is 315 Å². The highest BCUT2D eigenvalue weighted by molar-refractivity contribution is 6.23. The lowest BCUT2D eigenvalue weighted by Gasteiger charge is -2.13. The van der Waals surface area contributed by atoms with E-state index in [0.717, 1.165) is 82.7 Å². The molecule has 30 aromatic rings. The van der Waals surface area contributed by atoms with Crippen LogP contribution in [0.2, 0.25) is 0 Å². The van der Waals surface area contributed by atoms with Crippen molar-refractivity contribution in [1.29, 1.82) is 15.8 Å². The molecule has 24 aromatic carbocycles. The second kappa shape index (κ2) is 33.2. The summed E-state index contributed by atoms with van der Waals surface area (Å²) in [4.78, 5) is 0. The van der Waals surface area contributed by atoms with Gasteiger partial charge in [-0.2, -0.15) is 15.8 Å². The van der Waals surface area contributed by atoms with Crippen LogP contribution in [-0.2, 0) is 0 Å². The molecule has 0 fully saturated rings. The third-order valence-corrected chi connectivity index (χ3v) is 29.7. The summed E-state index contributed by atoms with van der Waals surface area (Å²) >= 11 is 0. The van der Waals surface area contributed by atoms with Crippen LogP contribution >= 0.6 is 0 Å². The van der Waals surface area contributed by atoms with E-state index >= 15 is 0 Å². The second-order valence-corrected chi connectivity index (χ2v) is 37.4. The van der Waals surface area contributed by atoms with Crippen molar-refractivity contribution in [2.24, 2.45) is 0 Å². The van der Waals surface area contributed by atoms with Gasteiger partial charge >= 0.3 is 0 Å². The van der Waals surface area contributed by atoms with Crippen molar-refractivity contribution in [3.05, 3.63) is 508 Å². The van der Waals surface area contributed by atoms with Crippen molar-refractivity contribution < 1.29 is 0 Å². The van der Waals surface area contributed by atoms with Gasteiger partial charge in [0.15, 0.2) is 0 Å². The molecule has 0 spiro atoms. The van der Waals surface area contributed by atoms with Crippen molar-refractivity contribution in [3.63, 3.8) is 0 Å². The van der Waals surface area contributed by atoms with Crippen molar-refractivity contribution in [2.75, 3.05) is 0 Å². The van der Waals surface area contributed by atoms with Gasteiger partial charge in [0.2, 0.25) is 0 Å². The molecule has 0 atom stereocenters. The number of hydrogen-bond donors (Lipinski definition) is 0. The second-order valence-electron chi connectivity index (χ2n) is 37.4. The molecular formula is C135H81N9. The van der Waals surface area contributed by atoms with Crippen LogP contribution in [0.25, 0.3) is 263 Å². The van der Waals surface area contributed by atoms with E-state index in [1.54, 1.807) is 0 Å². The van der Waals surface area contributed by atoms with E-state index in [1.807, 2.05) is 42.5 Å². The standard InChI is InChI=1S/3C45H27N3/c46-28-29-17-23-35-31(25-29)19-18-30-20-22-34(27-40(30)35)48-41-14-6-4-11-37(41)38-24-21-32(26-44(38)48)36-13-8-16-43-45(36)39-12-5-7-15-42(39)47(43)33-9-2-1-3-10-33;46-28-29-17-22-35-30(25-29)18-19-31-26-34(21-24-36(31)35)48-41-14-6-4-11-38(41)39-23-20-32(27-44(39)48)37-13-8-16-43-45(37)40-12-5-7-15-42(40)47(43)33-9-2-1-3-10-33;46-28-31-25-29-21-23-33(27-40(29)36-14-5-4-13-34(31)36)48-41-18-8-6-15-37(41)38-24-22-30(26-44(38)48)35-17-10-20-43-45(35)39-16-7-9-19-42(39)47(43)32-11-2-1-3-12-32/h3*1-27H. The zero-order chi connectivity index (χ0) is 95.3. The molecule has 0 aliphatic carbocycles. The third kappa shape index (κ3) is 13.0. The first-order valence-corrected chi connectivity index (χ1v) is 48.8. The first-order chi connectivity index (χ1) is 71.3. The monoisotopic (exact) mass is 1830 g/mol. The van der Waals surface area contributed by atoms with Crippen LogP contribution < -0.4 is 0 Å². The number of nitriles is 3. The molecule has 0 bridgehead atoms. The van der Waals surface area contributed by atoms with Crippen LogP contribution in [0.1, 0.15) is 16.7 Å². The summed E-state index contributed by atoms with van der Waals surface area (Å²) in [5.74, 6) is 0. The van der Waals surface area contributed by atoms with Crippen molar-refractivity contribution in [2.45, 2.75) is 0 Å². The quantitative estimate of drug-likeness (QED) is 0.135. The molecule has 0 N–H and O–H groups in total. The van der Waals surface area contributed by atoms with E-state index in [2.05, 4.69) is 495 Å². The van der Waals surface area contributed by atoms with Crippen LogP contribution in [0.5, 0.6) is 0 Å². The van der Waals surface area contributed by atoms with Crippen LogP contribution in [0.3, 0.4) is 0 Å². The molecule has 144 heavy (non-hydrogen) atoms. The van der Waals surface area contributed by atoms with E-state index in [1.165, 1.54) is 180 Å². The zero-order valence-electron chi connectivity index (χ0n) is 77.8. The largest absolute Gasteiger partial charge is 0.309 e. The van der Waals surface area contributed by atoms with E-state index in [0.29, 0.717) is 16.7 Å². The average molecular weight is 1830 g/mol. The van der Waals surface area contributed by atoms with Crippen molar-refractivity contribution in [3.8, 4) is 85.7 Å². The van der Waals surface area contributed by atoms with E-state index < -0.39 is 0 Å². The maximum absolute atomic E-state index is 9.88. The number of benzene rings is 24. The highest BCUT2D eigenvalue weighted by Crippen LogP contribution is 2.48. The molecule has 666 valence electrons. The van der Waals surface area contributed by atoms with E-state index in [9.17, 15) is 15.8 Å².